The van der Waals surface area contributed by atoms with Crippen LogP contribution in [-0.2, 0) is 16.0 Å². The molecule has 1 aromatic rings. The Kier molecular flexibility index (Phi) is 5.36. The molecule has 0 unspecified atom stereocenters. The van der Waals surface area contributed by atoms with Crippen LogP contribution >= 0.6 is 0 Å². The SMILES string of the molecule is Cc1ccc(CCCC(=O)N[C@@H](C)C(=O)O)cc1. The van der Waals surface area contributed by atoms with Gasteiger partial charge in [-0.15, -0.1) is 0 Å². The van der Waals surface area contributed by atoms with Crippen molar-refractivity contribution in [2.75, 3.05) is 0 Å². The Labute approximate surface area is 107 Å². The van der Waals surface area contributed by atoms with Crippen molar-refractivity contribution in [1.29, 1.82) is 0 Å². The summed E-state index contributed by atoms with van der Waals surface area (Å²) in [5.74, 6) is -1.22. The zero-order chi connectivity index (χ0) is 13.5. The van der Waals surface area contributed by atoms with E-state index in [9.17, 15) is 9.59 Å². The molecule has 0 spiro atoms. The van der Waals surface area contributed by atoms with E-state index in [1.807, 2.05) is 31.2 Å². The van der Waals surface area contributed by atoms with Crippen molar-refractivity contribution in [1.82, 2.24) is 5.32 Å². The number of benzene rings is 1. The predicted molar refractivity (Wildman–Crippen MR) is 69.4 cm³/mol. The number of amides is 1. The van der Waals surface area contributed by atoms with Gasteiger partial charge in [-0.25, -0.2) is 0 Å². The number of aliphatic carboxylic acids is 1. The van der Waals surface area contributed by atoms with Crippen molar-refractivity contribution in [2.45, 2.75) is 39.2 Å². The van der Waals surface area contributed by atoms with E-state index in [1.54, 1.807) is 0 Å². The summed E-state index contributed by atoms with van der Waals surface area (Å²) in [7, 11) is 0. The molecule has 0 heterocycles. The number of hydrogen-bond acceptors (Lipinski definition) is 2. The Morgan fingerprint density at radius 2 is 1.89 bits per heavy atom. The maximum Gasteiger partial charge on any atom is 0.325 e. The van der Waals surface area contributed by atoms with Crippen LogP contribution in [0.3, 0.4) is 0 Å². The highest BCUT2D eigenvalue weighted by atomic mass is 16.4. The summed E-state index contributed by atoms with van der Waals surface area (Å²) in [6.07, 6.45) is 1.90. The number of carboxylic acid groups (broad SMARTS) is 1. The molecule has 98 valence electrons. The first-order valence-electron chi connectivity index (χ1n) is 6.07. The van der Waals surface area contributed by atoms with Crippen LogP contribution in [0.2, 0.25) is 0 Å². The lowest BCUT2D eigenvalue weighted by molar-refractivity contribution is -0.141. The molecule has 4 heteroatoms. The van der Waals surface area contributed by atoms with Gasteiger partial charge < -0.3 is 10.4 Å². The Bertz CT molecular complexity index is 412. The first-order valence-corrected chi connectivity index (χ1v) is 6.07. The molecular formula is C14H19NO3. The molecule has 18 heavy (non-hydrogen) atoms. The first-order chi connectivity index (χ1) is 8.49. The van der Waals surface area contributed by atoms with Crippen molar-refractivity contribution in [3.63, 3.8) is 0 Å². The molecule has 0 aliphatic heterocycles. The normalized spacial score (nSPS) is 11.9. The Hall–Kier alpha value is -1.84. The van der Waals surface area contributed by atoms with Crippen molar-refractivity contribution in [3.05, 3.63) is 35.4 Å². The third kappa shape index (κ3) is 4.99. The lowest BCUT2D eigenvalue weighted by atomic mass is 10.1. The molecule has 4 nitrogen and oxygen atoms in total. The molecule has 0 aliphatic carbocycles. The lowest BCUT2D eigenvalue weighted by Crippen LogP contribution is -2.38. The second kappa shape index (κ2) is 6.79. The van der Waals surface area contributed by atoms with E-state index < -0.39 is 12.0 Å². The Morgan fingerprint density at radius 1 is 1.28 bits per heavy atom. The third-order valence-corrected chi connectivity index (χ3v) is 2.74. The predicted octanol–water partition coefficient (Wildman–Crippen LogP) is 1.91. The summed E-state index contributed by atoms with van der Waals surface area (Å²) < 4.78 is 0. The molecule has 2 N–H and O–H groups in total. The minimum Gasteiger partial charge on any atom is -0.480 e. The van der Waals surface area contributed by atoms with Gasteiger partial charge >= 0.3 is 5.97 Å². The van der Waals surface area contributed by atoms with Gasteiger partial charge in [0.2, 0.25) is 5.91 Å². The largest absolute Gasteiger partial charge is 0.480 e. The van der Waals surface area contributed by atoms with E-state index >= 15 is 0 Å². The standard InChI is InChI=1S/C14H19NO3/c1-10-6-8-12(9-7-10)4-3-5-13(16)15-11(2)14(17)18/h6-9,11H,3-5H2,1-2H3,(H,15,16)(H,17,18)/t11-/m0/s1. The lowest BCUT2D eigenvalue weighted by Gasteiger charge is -2.09. The van der Waals surface area contributed by atoms with Gasteiger partial charge in [0.05, 0.1) is 0 Å². The summed E-state index contributed by atoms with van der Waals surface area (Å²) in [6, 6.07) is 7.36. The van der Waals surface area contributed by atoms with Crippen molar-refractivity contribution in [3.8, 4) is 0 Å². The monoisotopic (exact) mass is 249 g/mol. The molecule has 1 aromatic carbocycles. The van der Waals surface area contributed by atoms with Gasteiger partial charge in [-0.1, -0.05) is 29.8 Å². The van der Waals surface area contributed by atoms with Crippen LogP contribution in [-0.4, -0.2) is 23.0 Å². The Balaban J connectivity index is 2.27. The van der Waals surface area contributed by atoms with Gasteiger partial charge in [-0.2, -0.15) is 0 Å². The van der Waals surface area contributed by atoms with E-state index in [4.69, 9.17) is 5.11 Å². The number of aryl methyl sites for hydroxylation is 2. The second-order valence-corrected chi connectivity index (χ2v) is 4.47. The van der Waals surface area contributed by atoms with Gasteiger partial charge in [0, 0.05) is 6.42 Å². The van der Waals surface area contributed by atoms with Crippen molar-refractivity contribution >= 4 is 11.9 Å². The number of hydrogen-bond donors (Lipinski definition) is 2. The average molecular weight is 249 g/mol. The fourth-order valence-corrected chi connectivity index (χ4v) is 1.58. The number of rotatable bonds is 6. The maximum atomic E-state index is 11.4. The molecule has 0 saturated carbocycles. The molecule has 1 rings (SSSR count). The summed E-state index contributed by atoms with van der Waals surface area (Å²) >= 11 is 0. The Morgan fingerprint density at radius 3 is 2.44 bits per heavy atom. The van der Waals surface area contributed by atoms with E-state index in [0.29, 0.717) is 6.42 Å². The van der Waals surface area contributed by atoms with Crippen LogP contribution < -0.4 is 5.32 Å². The quantitative estimate of drug-likeness (QED) is 0.809. The van der Waals surface area contributed by atoms with E-state index in [2.05, 4.69) is 5.32 Å². The molecule has 1 atom stereocenters. The molecule has 0 radical (unpaired) electrons. The van der Waals surface area contributed by atoms with Crippen LogP contribution in [0.25, 0.3) is 0 Å². The molecule has 0 aromatic heterocycles. The smallest absolute Gasteiger partial charge is 0.325 e. The van der Waals surface area contributed by atoms with Crippen LogP contribution in [0, 0.1) is 6.92 Å². The van der Waals surface area contributed by atoms with Crippen LogP contribution in [0.5, 0.6) is 0 Å². The summed E-state index contributed by atoms with van der Waals surface area (Å²) in [5, 5.41) is 11.1. The van der Waals surface area contributed by atoms with Crippen LogP contribution in [0.4, 0.5) is 0 Å². The minimum atomic E-state index is -1.01. The summed E-state index contributed by atoms with van der Waals surface area (Å²) in [6.45, 7) is 3.49. The van der Waals surface area contributed by atoms with Crippen molar-refractivity contribution < 1.29 is 14.7 Å². The van der Waals surface area contributed by atoms with E-state index in [0.717, 1.165) is 12.8 Å². The van der Waals surface area contributed by atoms with Gasteiger partial charge in [0.25, 0.3) is 0 Å². The molecule has 0 saturated heterocycles. The molecule has 0 aliphatic rings. The fraction of sp³-hybridized carbons (Fsp3) is 0.429. The van der Waals surface area contributed by atoms with Gasteiger partial charge in [0.15, 0.2) is 0 Å². The number of carbonyl (C=O) groups excluding carboxylic acids is 1. The van der Waals surface area contributed by atoms with Crippen LogP contribution in [0.1, 0.15) is 30.9 Å². The highest BCUT2D eigenvalue weighted by Gasteiger charge is 2.13. The maximum absolute atomic E-state index is 11.4. The molecular weight excluding hydrogens is 230 g/mol. The highest BCUT2D eigenvalue weighted by molar-refractivity contribution is 5.83. The minimum absolute atomic E-state index is 0.211. The molecule has 1 amide bonds. The second-order valence-electron chi connectivity index (χ2n) is 4.47. The van der Waals surface area contributed by atoms with Gasteiger partial charge in [0.1, 0.15) is 6.04 Å². The summed E-state index contributed by atoms with van der Waals surface area (Å²) in [5.41, 5.74) is 2.41. The van der Waals surface area contributed by atoms with E-state index in [1.165, 1.54) is 18.1 Å². The highest BCUT2D eigenvalue weighted by Crippen LogP contribution is 2.07. The number of carbonyl (C=O) groups is 2. The first kappa shape index (κ1) is 14.2. The average Bonchev–Trinajstić information content (AvgIpc) is 2.31. The topological polar surface area (TPSA) is 66.4 Å². The zero-order valence-corrected chi connectivity index (χ0v) is 10.8. The van der Waals surface area contributed by atoms with Crippen LogP contribution in [0.15, 0.2) is 24.3 Å². The third-order valence-electron chi connectivity index (χ3n) is 2.74. The fourth-order valence-electron chi connectivity index (χ4n) is 1.58. The zero-order valence-electron chi connectivity index (χ0n) is 10.8. The van der Waals surface area contributed by atoms with Gasteiger partial charge in [-0.3, -0.25) is 9.59 Å². The summed E-state index contributed by atoms with van der Waals surface area (Å²) in [4.78, 5) is 22.0. The van der Waals surface area contributed by atoms with Crippen molar-refractivity contribution in [2.24, 2.45) is 0 Å². The molecule has 0 bridgehead atoms. The van der Waals surface area contributed by atoms with Gasteiger partial charge in [-0.05, 0) is 32.3 Å². The van der Waals surface area contributed by atoms with E-state index in [-0.39, 0.29) is 5.91 Å². The number of nitrogens with one attached hydrogen (secondary N) is 1. The molecule has 0 fully saturated rings. The number of carboxylic acids is 1.